The Labute approximate surface area is 74.6 Å². The fourth-order valence-electron chi connectivity index (χ4n) is 0.918. The smallest absolute Gasteiger partial charge is 0.127 e. The molecule has 0 saturated heterocycles. The molecule has 1 nitrogen and oxygen atoms in total. The number of carbonyl (C=O) groups excluding carboxylic acids is 1. The summed E-state index contributed by atoms with van der Waals surface area (Å²) in [6.07, 6.45) is 0.945. The van der Waals surface area contributed by atoms with Crippen LogP contribution in [0.5, 0.6) is 0 Å². The predicted molar refractivity (Wildman–Crippen MR) is 48.6 cm³/mol. The van der Waals surface area contributed by atoms with Crippen molar-refractivity contribution in [1.82, 2.24) is 0 Å². The molecule has 1 aromatic carbocycles. The van der Waals surface area contributed by atoms with E-state index in [1.807, 2.05) is 31.2 Å². The van der Waals surface area contributed by atoms with Crippen LogP contribution in [0.25, 0.3) is 0 Å². The van der Waals surface area contributed by atoms with Crippen molar-refractivity contribution in [3.05, 3.63) is 34.3 Å². The molecule has 0 amide bonds. The summed E-state index contributed by atoms with van der Waals surface area (Å²) in [6.45, 7) is 1.88. The summed E-state index contributed by atoms with van der Waals surface area (Å²) in [5.41, 5.74) is 1.04. The van der Waals surface area contributed by atoms with Gasteiger partial charge in [-0.2, -0.15) is 0 Å². The molecule has 1 unspecified atom stereocenters. The lowest BCUT2D eigenvalue weighted by Crippen LogP contribution is -1.94. The molecule has 0 N–H and O–H groups in total. The maximum absolute atomic E-state index is 10.4. The molecule has 1 aromatic rings. The van der Waals surface area contributed by atoms with Crippen LogP contribution in [0.4, 0.5) is 0 Å². The number of rotatable bonds is 2. The van der Waals surface area contributed by atoms with Crippen molar-refractivity contribution in [1.29, 1.82) is 0 Å². The molecule has 0 fully saturated rings. The predicted octanol–water partition coefficient (Wildman–Crippen LogP) is 2.75. The van der Waals surface area contributed by atoms with Crippen molar-refractivity contribution in [3.8, 4) is 0 Å². The van der Waals surface area contributed by atoms with Crippen molar-refractivity contribution < 1.29 is 4.79 Å². The molecular weight excluding hydrogens is 204 g/mol. The third-order valence-corrected chi connectivity index (χ3v) is 2.32. The van der Waals surface area contributed by atoms with Gasteiger partial charge in [-0.05, 0) is 11.6 Å². The highest BCUT2D eigenvalue weighted by atomic mass is 79.9. The lowest BCUT2D eigenvalue weighted by atomic mass is 10.0. The van der Waals surface area contributed by atoms with Crippen molar-refractivity contribution >= 4 is 22.2 Å². The molecule has 1 rings (SSSR count). The van der Waals surface area contributed by atoms with Gasteiger partial charge in [0, 0.05) is 10.4 Å². The van der Waals surface area contributed by atoms with Gasteiger partial charge in [0.1, 0.15) is 6.29 Å². The SMILES string of the molecule is CC(C=O)c1ccccc1Br. The third kappa shape index (κ3) is 1.90. The number of benzene rings is 1. The van der Waals surface area contributed by atoms with Crippen molar-refractivity contribution in [2.45, 2.75) is 12.8 Å². The summed E-state index contributed by atoms with van der Waals surface area (Å²) in [5.74, 6) is -0.0226. The van der Waals surface area contributed by atoms with E-state index in [1.54, 1.807) is 0 Å². The molecule has 0 aliphatic rings. The number of aldehydes is 1. The highest BCUT2D eigenvalue weighted by Crippen LogP contribution is 2.22. The zero-order valence-corrected chi connectivity index (χ0v) is 7.84. The quantitative estimate of drug-likeness (QED) is 0.690. The van der Waals surface area contributed by atoms with Crippen LogP contribution in [-0.4, -0.2) is 6.29 Å². The minimum Gasteiger partial charge on any atom is -0.303 e. The highest BCUT2D eigenvalue weighted by molar-refractivity contribution is 9.10. The molecular formula is C9H9BrO. The Balaban J connectivity index is 3.02. The van der Waals surface area contributed by atoms with Crippen LogP contribution in [-0.2, 0) is 4.79 Å². The van der Waals surface area contributed by atoms with Crippen LogP contribution < -0.4 is 0 Å². The largest absolute Gasteiger partial charge is 0.303 e. The molecule has 0 aromatic heterocycles. The minimum atomic E-state index is -0.0226. The average Bonchev–Trinajstić information content (AvgIpc) is 2.04. The summed E-state index contributed by atoms with van der Waals surface area (Å²) >= 11 is 3.38. The second-order valence-electron chi connectivity index (χ2n) is 2.45. The fourth-order valence-corrected chi connectivity index (χ4v) is 1.56. The molecule has 11 heavy (non-hydrogen) atoms. The average molecular weight is 213 g/mol. The van der Waals surface area contributed by atoms with E-state index in [0.717, 1.165) is 16.3 Å². The third-order valence-electron chi connectivity index (χ3n) is 1.60. The number of carbonyl (C=O) groups is 1. The first kappa shape index (κ1) is 8.47. The topological polar surface area (TPSA) is 17.1 Å². The molecule has 0 bridgehead atoms. The summed E-state index contributed by atoms with van der Waals surface area (Å²) < 4.78 is 1.000. The molecule has 0 radical (unpaired) electrons. The Bertz CT molecular complexity index is 257. The Hall–Kier alpha value is -0.630. The van der Waals surface area contributed by atoms with E-state index in [-0.39, 0.29) is 5.92 Å². The number of hydrogen-bond donors (Lipinski definition) is 0. The summed E-state index contributed by atoms with van der Waals surface area (Å²) in [7, 11) is 0. The van der Waals surface area contributed by atoms with Crippen molar-refractivity contribution in [2.24, 2.45) is 0 Å². The van der Waals surface area contributed by atoms with Crippen LogP contribution in [0.15, 0.2) is 28.7 Å². The van der Waals surface area contributed by atoms with E-state index < -0.39 is 0 Å². The van der Waals surface area contributed by atoms with Crippen LogP contribution in [0, 0.1) is 0 Å². The van der Waals surface area contributed by atoms with E-state index in [1.165, 1.54) is 0 Å². The monoisotopic (exact) mass is 212 g/mol. The molecule has 2 heteroatoms. The normalized spacial score (nSPS) is 12.5. The van der Waals surface area contributed by atoms with E-state index in [4.69, 9.17) is 0 Å². The summed E-state index contributed by atoms with van der Waals surface area (Å²) in [4.78, 5) is 10.4. The van der Waals surface area contributed by atoms with Crippen molar-refractivity contribution in [2.75, 3.05) is 0 Å². The van der Waals surface area contributed by atoms with Gasteiger partial charge in [-0.15, -0.1) is 0 Å². The Morgan fingerprint density at radius 1 is 1.45 bits per heavy atom. The lowest BCUT2D eigenvalue weighted by molar-refractivity contribution is -0.108. The van der Waals surface area contributed by atoms with Gasteiger partial charge in [-0.3, -0.25) is 0 Å². The summed E-state index contributed by atoms with van der Waals surface area (Å²) in [6, 6.07) is 7.75. The van der Waals surface area contributed by atoms with Crippen molar-refractivity contribution in [3.63, 3.8) is 0 Å². The maximum Gasteiger partial charge on any atom is 0.127 e. The molecule has 0 heterocycles. The Morgan fingerprint density at radius 3 is 2.64 bits per heavy atom. The molecule has 0 aliphatic carbocycles. The van der Waals surface area contributed by atoms with Gasteiger partial charge in [0.25, 0.3) is 0 Å². The first-order chi connectivity index (χ1) is 5.25. The summed E-state index contributed by atoms with van der Waals surface area (Å²) in [5, 5.41) is 0. The zero-order valence-electron chi connectivity index (χ0n) is 6.25. The van der Waals surface area contributed by atoms with Gasteiger partial charge in [0.05, 0.1) is 0 Å². The van der Waals surface area contributed by atoms with Gasteiger partial charge in [-0.1, -0.05) is 41.1 Å². The second kappa shape index (κ2) is 3.67. The lowest BCUT2D eigenvalue weighted by Gasteiger charge is -2.05. The first-order valence-corrected chi connectivity index (χ1v) is 4.24. The van der Waals surface area contributed by atoms with Crippen LogP contribution >= 0.6 is 15.9 Å². The van der Waals surface area contributed by atoms with Crippen LogP contribution in [0.2, 0.25) is 0 Å². The standard InChI is InChI=1S/C9H9BrO/c1-7(6-11)8-4-2-3-5-9(8)10/h2-7H,1H3. The fraction of sp³-hybridized carbons (Fsp3) is 0.222. The van der Waals surface area contributed by atoms with E-state index in [2.05, 4.69) is 15.9 Å². The molecule has 0 spiro atoms. The number of halogens is 1. The van der Waals surface area contributed by atoms with Gasteiger partial charge in [0.15, 0.2) is 0 Å². The Morgan fingerprint density at radius 2 is 2.09 bits per heavy atom. The van der Waals surface area contributed by atoms with Gasteiger partial charge in [-0.25, -0.2) is 0 Å². The highest BCUT2D eigenvalue weighted by Gasteiger charge is 2.05. The van der Waals surface area contributed by atoms with Gasteiger partial charge < -0.3 is 4.79 Å². The molecule has 0 saturated carbocycles. The molecule has 1 atom stereocenters. The zero-order chi connectivity index (χ0) is 8.27. The maximum atomic E-state index is 10.4. The first-order valence-electron chi connectivity index (χ1n) is 3.45. The Kier molecular flexibility index (Phi) is 2.83. The van der Waals surface area contributed by atoms with Gasteiger partial charge in [0.2, 0.25) is 0 Å². The van der Waals surface area contributed by atoms with E-state index >= 15 is 0 Å². The van der Waals surface area contributed by atoms with Gasteiger partial charge >= 0.3 is 0 Å². The van der Waals surface area contributed by atoms with E-state index in [9.17, 15) is 4.79 Å². The minimum absolute atomic E-state index is 0.0226. The van der Waals surface area contributed by atoms with Crippen LogP contribution in [0.1, 0.15) is 18.4 Å². The number of hydrogen-bond acceptors (Lipinski definition) is 1. The second-order valence-corrected chi connectivity index (χ2v) is 3.30. The molecule has 58 valence electrons. The van der Waals surface area contributed by atoms with Crippen LogP contribution in [0.3, 0.4) is 0 Å². The molecule has 0 aliphatic heterocycles. The van der Waals surface area contributed by atoms with E-state index in [0.29, 0.717) is 0 Å².